The number of benzene rings is 1. The zero-order chi connectivity index (χ0) is 12.3. The summed E-state index contributed by atoms with van der Waals surface area (Å²) in [5.74, 6) is -0.484. The molecule has 0 spiro atoms. The molecule has 1 amide bonds. The van der Waals surface area contributed by atoms with Crippen molar-refractivity contribution in [1.82, 2.24) is 0 Å². The number of hydrogen-bond acceptors (Lipinski definition) is 3. The van der Waals surface area contributed by atoms with Crippen LogP contribution in [-0.2, 0) is 10.3 Å². The van der Waals surface area contributed by atoms with Crippen molar-refractivity contribution < 1.29 is 44.2 Å². The van der Waals surface area contributed by atoms with Gasteiger partial charge in [-0.2, -0.15) is 4.99 Å². The van der Waals surface area contributed by atoms with Gasteiger partial charge in [-0.05, 0) is 12.8 Å². The Bertz CT molecular complexity index is 447. The molecule has 5 heteroatoms. The minimum absolute atomic E-state index is 0. The maximum Gasteiger partial charge on any atom is 1.00 e. The third-order valence-corrected chi connectivity index (χ3v) is 2.92. The summed E-state index contributed by atoms with van der Waals surface area (Å²) in [5, 5.41) is 11.9. The molecule has 1 heterocycles. The fourth-order valence-corrected chi connectivity index (χ4v) is 2.01. The van der Waals surface area contributed by atoms with Gasteiger partial charge in [0.25, 0.3) is 0 Å². The second kappa shape index (κ2) is 6.36. The maximum atomic E-state index is 11.9. The molecular formula is C13H14NNaO3. The monoisotopic (exact) mass is 255 g/mol. The van der Waals surface area contributed by atoms with Crippen molar-refractivity contribution in [3.05, 3.63) is 35.9 Å². The molecule has 0 aromatic heterocycles. The Hall–Kier alpha value is -0.840. The predicted octanol–water partition coefficient (Wildman–Crippen LogP) is -1.01. The average molecular weight is 255 g/mol. The third-order valence-electron chi connectivity index (χ3n) is 2.92. The molecule has 0 fully saturated rings. The zero-order valence-electron chi connectivity index (χ0n) is 10.7. The number of aliphatic imine (C=N–C) groups is 1. The van der Waals surface area contributed by atoms with Crippen molar-refractivity contribution in [3.63, 3.8) is 0 Å². The van der Waals surface area contributed by atoms with E-state index in [1.165, 1.54) is 0 Å². The van der Waals surface area contributed by atoms with Crippen LogP contribution in [0.5, 0.6) is 0 Å². The number of ether oxygens (including phenoxy) is 1. The quantitative estimate of drug-likeness (QED) is 0.647. The molecule has 0 bridgehead atoms. The van der Waals surface area contributed by atoms with Gasteiger partial charge < -0.3 is 9.84 Å². The summed E-state index contributed by atoms with van der Waals surface area (Å²) in [5.41, 5.74) is -0.484. The van der Waals surface area contributed by atoms with Gasteiger partial charge in [-0.1, -0.05) is 43.7 Å². The number of nitrogens with zero attached hydrogens (tertiary/aromatic N) is 1. The minimum atomic E-state index is -1.19. The van der Waals surface area contributed by atoms with E-state index in [-0.39, 0.29) is 29.6 Å². The first-order valence-corrected chi connectivity index (χ1v) is 5.74. The Morgan fingerprint density at radius 3 is 2.50 bits per heavy atom. The standard InChI is InChI=1S/C13H15NO3.Na/c1-2-3-9-13(10-7-5-4-6-8-10)11(15)14-12(16)17-13;/h4-8H,2-3,9H2,1H3,(H,14,15,16);/q;+1/p-1. The van der Waals surface area contributed by atoms with E-state index in [1.807, 2.05) is 25.1 Å². The first kappa shape index (κ1) is 15.2. The fourth-order valence-electron chi connectivity index (χ4n) is 2.01. The second-order valence-electron chi connectivity index (χ2n) is 4.08. The molecule has 0 aliphatic carbocycles. The van der Waals surface area contributed by atoms with Gasteiger partial charge in [-0.25, -0.2) is 4.79 Å². The van der Waals surface area contributed by atoms with Crippen molar-refractivity contribution in [1.29, 1.82) is 0 Å². The van der Waals surface area contributed by atoms with Crippen LogP contribution in [0.15, 0.2) is 35.3 Å². The Morgan fingerprint density at radius 1 is 1.33 bits per heavy atom. The minimum Gasteiger partial charge on any atom is -0.859 e. The van der Waals surface area contributed by atoms with E-state index in [4.69, 9.17) is 4.74 Å². The Balaban J connectivity index is 0.00000162. The summed E-state index contributed by atoms with van der Waals surface area (Å²) >= 11 is 0. The number of carbonyl (C=O) groups is 1. The van der Waals surface area contributed by atoms with Crippen molar-refractivity contribution >= 4 is 12.0 Å². The average Bonchev–Trinajstić information content (AvgIpc) is 2.64. The zero-order valence-corrected chi connectivity index (χ0v) is 12.7. The van der Waals surface area contributed by atoms with Crippen LogP contribution in [0.2, 0.25) is 0 Å². The van der Waals surface area contributed by atoms with Crippen molar-refractivity contribution in [2.45, 2.75) is 31.8 Å². The van der Waals surface area contributed by atoms with Crippen LogP contribution in [0.1, 0.15) is 31.7 Å². The van der Waals surface area contributed by atoms with E-state index >= 15 is 0 Å². The maximum absolute atomic E-state index is 11.9. The van der Waals surface area contributed by atoms with Gasteiger partial charge in [0.15, 0.2) is 5.60 Å². The van der Waals surface area contributed by atoms with E-state index in [2.05, 4.69) is 4.99 Å². The first-order chi connectivity index (χ1) is 8.19. The number of rotatable bonds is 4. The van der Waals surface area contributed by atoms with Crippen LogP contribution >= 0.6 is 0 Å². The van der Waals surface area contributed by atoms with E-state index in [0.717, 1.165) is 12.8 Å². The largest absolute Gasteiger partial charge is 1.00 e. The molecule has 0 saturated carbocycles. The Morgan fingerprint density at radius 2 is 2.00 bits per heavy atom. The molecule has 4 nitrogen and oxygen atoms in total. The summed E-state index contributed by atoms with van der Waals surface area (Å²) in [7, 11) is 0. The SMILES string of the molecule is CCCCC1(c2ccccc2)OC(=O)N=C1[O-].[Na+]. The molecule has 1 unspecified atom stereocenters. The number of amides is 1. The number of cyclic esters (lactones) is 1. The Labute approximate surface area is 128 Å². The van der Waals surface area contributed by atoms with Crippen LogP contribution in [0, 0.1) is 0 Å². The molecule has 18 heavy (non-hydrogen) atoms. The number of carbonyl (C=O) groups excluding carboxylic acids is 1. The van der Waals surface area contributed by atoms with E-state index < -0.39 is 17.6 Å². The van der Waals surface area contributed by atoms with Crippen LogP contribution < -0.4 is 34.7 Å². The van der Waals surface area contributed by atoms with Gasteiger partial charge in [0, 0.05) is 11.5 Å². The number of hydrogen-bond donors (Lipinski definition) is 0. The van der Waals surface area contributed by atoms with Crippen molar-refractivity contribution in [2.75, 3.05) is 0 Å². The first-order valence-electron chi connectivity index (χ1n) is 5.74. The Kier molecular flexibility index (Phi) is 5.38. The molecule has 0 radical (unpaired) electrons. The molecule has 1 aliphatic rings. The van der Waals surface area contributed by atoms with E-state index in [0.29, 0.717) is 12.0 Å². The van der Waals surface area contributed by atoms with Crippen LogP contribution in [0.25, 0.3) is 0 Å². The van der Waals surface area contributed by atoms with Crippen LogP contribution in [-0.4, -0.2) is 12.0 Å². The van der Waals surface area contributed by atoms with Crippen molar-refractivity contribution in [2.24, 2.45) is 4.99 Å². The smallest absolute Gasteiger partial charge is 0.859 e. The van der Waals surface area contributed by atoms with Crippen molar-refractivity contribution in [3.8, 4) is 0 Å². The normalized spacial score (nSPS) is 22.1. The predicted molar refractivity (Wildman–Crippen MR) is 61.6 cm³/mol. The molecule has 1 aliphatic heterocycles. The summed E-state index contributed by atoms with van der Waals surface area (Å²) in [6.07, 6.45) is 1.44. The second-order valence-corrected chi connectivity index (χ2v) is 4.08. The van der Waals surface area contributed by atoms with E-state index in [9.17, 15) is 9.90 Å². The molecule has 90 valence electrons. The molecule has 1 atom stereocenters. The van der Waals surface area contributed by atoms with Gasteiger partial charge >= 0.3 is 35.7 Å². The van der Waals surface area contributed by atoms with Gasteiger partial charge in [0.1, 0.15) is 0 Å². The summed E-state index contributed by atoms with van der Waals surface area (Å²) < 4.78 is 5.19. The topological polar surface area (TPSA) is 61.7 Å². The summed E-state index contributed by atoms with van der Waals surface area (Å²) in [6.45, 7) is 2.02. The van der Waals surface area contributed by atoms with Crippen LogP contribution in [0.4, 0.5) is 4.79 Å². The van der Waals surface area contributed by atoms with Crippen LogP contribution in [0.3, 0.4) is 0 Å². The molecule has 2 rings (SSSR count). The van der Waals surface area contributed by atoms with Gasteiger partial charge in [0.05, 0.1) is 0 Å². The summed E-state index contributed by atoms with van der Waals surface area (Å²) in [4.78, 5) is 14.6. The molecule has 1 aromatic rings. The van der Waals surface area contributed by atoms with Gasteiger partial charge in [-0.3, -0.25) is 0 Å². The molecule has 0 N–H and O–H groups in total. The molecule has 1 aromatic carbocycles. The number of unbranched alkanes of at least 4 members (excludes halogenated alkanes) is 1. The molecular weight excluding hydrogens is 241 g/mol. The summed E-state index contributed by atoms with van der Waals surface area (Å²) in [6, 6.07) is 9.09. The van der Waals surface area contributed by atoms with E-state index in [1.54, 1.807) is 12.1 Å². The van der Waals surface area contributed by atoms with Gasteiger partial charge in [-0.15, -0.1) is 0 Å². The third kappa shape index (κ3) is 2.76. The molecule has 0 saturated heterocycles. The van der Waals surface area contributed by atoms with Gasteiger partial charge in [0.2, 0.25) is 0 Å². The fraction of sp³-hybridized carbons (Fsp3) is 0.385.